The molecule has 0 saturated heterocycles. The minimum absolute atomic E-state index is 0.263. The van der Waals surface area contributed by atoms with E-state index in [1.54, 1.807) is 7.11 Å². The Hall–Kier alpha value is -0.940. The van der Waals surface area contributed by atoms with Crippen molar-refractivity contribution in [3.63, 3.8) is 0 Å². The quantitative estimate of drug-likeness (QED) is 0.811. The first-order chi connectivity index (χ1) is 9.72. The van der Waals surface area contributed by atoms with Crippen LogP contribution in [0.5, 0.6) is 0 Å². The van der Waals surface area contributed by atoms with E-state index in [9.17, 15) is 0 Å². The lowest BCUT2D eigenvalue weighted by Gasteiger charge is -2.27. The molecule has 1 fully saturated rings. The molecule has 1 aliphatic carbocycles. The van der Waals surface area contributed by atoms with Crippen LogP contribution >= 0.6 is 0 Å². The number of aromatic nitrogens is 2. The van der Waals surface area contributed by atoms with Crippen LogP contribution in [0.1, 0.15) is 75.9 Å². The van der Waals surface area contributed by atoms with Crippen molar-refractivity contribution in [1.82, 2.24) is 10.1 Å². The molecule has 0 amide bonds. The molecule has 1 aromatic rings. The average molecular weight is 281 g/mol. The molecule has 5 nitrogen and oxygen atoms in total. The van der Waals surface area contributed by atoms with Gasteiger partial charge in [0.1, 0.15) is 5.60 Å². The fourth-order valence-corrected chi connectivity index (χ4v) is 2.99. The Morgan fingerprint density at radius 1 is 1.30 bits per heavy atom. The summed E-state index contributed by atoms with van der Waals surface area (Å²) in [6.07, 6.45) is 8.80. The van der Waals surface area contributed by atoms with Gasteiger partial charge in [-0.1, -0.05) is 37.8 Å². The topological polar surface area (TPSA) is 74.2 Å². The third-order valence-electron chi connectivity index (χ3n) is 4.41. The number of hydrogen-bond donors (Lipinski definition) is 1. The van der Waals surface area contributed by atoms with Crippen molar-refractivity contribution in [3.05, 3.63) is 11.7 Å². The van der Waals surface area contributed by atoms with Gasteiger partial charge in [0, 0.05) is 13.0 Å². The first kappa shape index (κ1) is 15.4. The van der Waals surface area contributed by atoms with Crippen molar-refractivity contribution in [2.45, 2.75) is 69.8 Å². The van der Waals surface area contributed by atoms with Crippen molar-refractivity contribution in [1.29, 1.82) is 0 Å². The van der Waals surface area contributed by atoms with Crippen LogP contribution in [0.15, 0.2) is 4.52 Å². The first-order valence-corrected chi connectivity index (χ1v) is 7.81. The van der Waals surface area contributed by atoms with Crippen molar-refractivity contribution >= 4 is 0 Å². The minimum Gasteiger partial charge on any atom is -0.370 e. The molecule has 5 heteroatoms. The highest BCUT2D eigenvalue weighted by atomic mass is 16.5. The largest absolute Gasteiger partial charge is 0.370 e. The van der Waals surface area contributed by atoms with Gasteiger partial charge >= 0.3 is 0 Å². The Balaban J connectivity index is 2.12. The SMILES string of the molecule is COC1(c2noc(C(C)CCCN)n2)CCCCCC1. The van der Waals surface area contributed by atoms with Crippen molar-refractivity contribution in [2.24, 2.45) is 5.73 Å². The summed E-state index contributed by atoms with van der Waals surface area (Å²) >= 11 is 0. The molecule has 1 heterocycles. The fraction of sp³-hybridized carbons (Fsp3) is 0.867. The smallest absolute Gasteiger partial charge is 0.229 e. The Labute approximate surface area is 121 Å². The van der Waals surface area contributed by atoms with Gasteiger partial charge in [-0.05, 0) is 32.2 Å². The van der Waals surface area contributed by atoms with Crippen LogP contribution in [0.4, 0.5) is 0 Å². The number of hydrogen-bond acceptors (Lipinski definition) is 5. The van der Waals surface area contributed by atoms with E-state index in [1.807, 2.05) is 0 Å². The number of methoxy groups -OCH3 is 1. The minimum atomic E-state index is -0.341. The van der Waals surface area contributed by atoms with Gasteiger partial charge in [-0.25, -0.2) is 0 Å². The maximum absolute atomic E-state index is 5.81. The summed E-state index contributed by atoms with van der Waals surface area (Å²) in [5.41, 5.74) is 5.21. The van der Waals surface area contributed by atoms with E-state index in [1.165, 1.54) is 25.7 Å². The van der Waals surface area contributed by atoms with E-state index in [0.29, 0.717) is 12.4 Å². The van der Waals surface area contributed by atoms with Gasteiger partial charge < -0.3 is 15.0 Å². The van der Waals surface area contributed by atoms with E-state index in [4.69, 9.17) is 15.0 Å². The summed E-state index contributed by atoms with van der Waals surface area (Å²) in [4.78, 5) is 4.63. The summed E-state index contributed by atoms with van der Waals surface area (Å²) in [7, 11) is 1.76. The second-order valence-electron chi connectivity index (χ2n) is 5.90. The summed E-state index contributed by atoms with van der Waals surface area (Å²) < 4.78 is 11.3. The zero-order valence-electron chi connectivity index (χ0n) is 12.7. The highest BCUT2D eigenvalue weighted by Gasteiger charge is 2.37. The lowest BCUT2D eigenvalue weighted by atomic mass is 9.93. The summed E-state index contributed by atoms with van der Waals surface area (Å²) in [5, 5.41) is 4.21. The molecule has 1 aliphatic rings. The molecule has 114 valence electrons. The lowest BCUT2D eigenvalue weighted by molar-refractivity contribution is -0.0365. The normalized spacial score (nSPS) is 20.6. The maximum Gasteiger partial charge on any atom is 0.229 e. The molecule has 1 atom stereocenters. The molecule has 2 N–H and O–H groups in total. The van der Waals surface area contributed by atoms with E-state index in [2.05, 4.69) is 17.1 Å². The molecule has 0 bridgehead atoms. The van der Waals surface area contributed by atoms with E-state index in [0.717, 1.165) is 31.5 Å². The van der Waals surface area contributed by atoms with Gasteiger partial charge in [0.25, 0.3) is 0 Å². The van der Waals surface area contributed by atoms with E-state index in [-0.39, 0.29) is 11.5 Å². The Kier molecular flexibility index (Phi) is 5.54. The van der Waals surface area contributed by atoms with Gasteiger partial charge in [-0.3, -0.25) is 0 Å². The number of rotatable bonds is 6. The molecule has 0 aromatic carbocycles. The molecule has 1 aromatic heterocycles. The van der Waals surface area contributed by atoms with Crippen molar-refractivity contribution in [2.75, 3.05) is 13.7 Å². The van der Waals surface area contributed by atoms with Gasteiger partial charge in [0.05, 0.1) is 0 Å². The van der Waals surface area contributed by atoms with Crippen LogP contribution in [0.25, 0.3) is 0 Å². The van der Waals surface area contributed by atoms with Crippen LogP contribution in [-0.4, -0.2) is 23.8 Å². The number of nitrogens with two attached hydrogens (primary N) is 1. The van der Waals surface area contributed by atoms with Gasteiger partial charge in [0.2, 0.25) is 11.7 Å². The third-order valence-corrected chi connectivity index (χ3v) is 4.41. The molecule has 1 saturated carbocycles. The second-order valence-corrected chi connectivity index (χ2v) is 5.90. The molecule has 0 radical (unpaired) electrons. The molecule has 1 unspecified atom stereocenters. The van der Waals surface area contributed by atoms with Gasteiger partial charge in [0.15, 0.2) is 0 Å². The molecular weight excluding hydrogens is 254 g/mol. The van der Waals surface area contributed by atoms with Crippen LogP contribution in [0.3, 0.4) is 0 Å². The zero-order valence-corrected chi connectivity index (χ0v) is 12.7. The Morgan fingerprint density at radius 2 is 2.00 bits per heavy atom. The third kappa shape index (κ3) is 3.38. The first-order valence-electron chi connectivity index (χ1n) is 7.81. The van der Waals surface area contributed by atoms with Gasteiger partial charge in [-0.2, -0.15) is 4.98 Å². The predicted octanol–water partition coefficient (Wildman–Crippen LogP) is 3.11. The Morgan fingerprint density at radius 3 is 2.60 bits per heavy atom. The monoisotopic (exact) mass is 281 g/mol. The highest BCUT2D eigenvalue weighted by Crippen LogP contribution is 2.38. The fourth-order valence-electron chi connectivity index (χ4n) is 2.99. The molecular formula is C15H27N3O2. The van der Waals surface area contributed by atoms with E-state index < -0.39 is 0 Å². The van der Waals surface area contributed by atoms with Crippen LogP contribution in [-0.2, 0) is 10.3 Å². The average Bonchev–Trinajstić information content (AvgIpc) is 2.85. The zero-order chi connectivity index (χ0) is 14.4. The van der Waals surface area contributed by atoms with Crippen molar-refractivity contribution < 1.29 is 9.26 Å². The standard InChI is InChI=1S/C15H27N3O2/c1-12(8-7-11-16)13-17-14(18-20-13)15(19-2)9-5-3-4-6-10-15/h12H,3-11,16H2,1-2H3. The molecule has 0 spiro atoms. The second kappa shape index (κ2) is 7.18. The summed E-state index contributed by atoms with van der Waals surface area (Å²) in [5.74, 6) is 1.71. The van der Waals surface area contributed by atoms with E-state index >= 15 is 0 Å². The molecule has 0 aliphatic heterocycles. The van der Waals surface area contributed by atoms with Gasteiger partial charge in [-0.15, -0.1) is 0 Å². The van der Waals surface area contributed by atoms with Crippen molar-refractivity contribution in [3.8, 4) is 0 Å². The van der Waals surface area contributed by atoms with Crippen LogP contribution in [0, 0.1) is 0 Å². The van der Waals surface area contributed by atoms with Crippen LogP contribution < -0.4 is 5.73 Å². The Bertz CT molecular complexity index is 398. The molecule has 20 heavy (non-hydrogen) atoms. The van der Waals surface area contributed by atoms with Crippen LogP contribution in [0.2, 0.25) is 0 Å². The number of nitrogens with zero attached hydrogens (tertiary/aromatic N) is 2. The summed E-state index contributed by atoms with van der Waals surface area (Å²) in [6, 6.07) is 0. The lowest BCUT2D eigenvalue weighted by Crippen LogP contribution is -2.29. The predicted molar refractivity (Wildman–Crippen MR) is 77.4 cm³/mol. The maximum atomic E-state index is 5.81. The molecule has 2 rings (SSSR count). The highest BCUT2D eigenvalue weighted by molar-refractivity contribution is 5.04. The number of ether oxygens (including phenoxy) is 1. The summed E-state index contributed by atoms with van der Waals surface area (Å²) in [6.45, 7) is 2.81.